The fourth-order valence-corrected chi connectivity index (χ4v) is 2.96. The van der Waals surface area contributed by atoms with Crippen molar-refractivity contribution in [2.45, 2.75) is 18.8 Å². The molecular formula is C20H16ClN3O. The van der Waals surface area contributed by atoms with Crippen LogP contribution in [0.1, 0.15) is 40.4 Å². The van der Waals surface area contributed by atoms with Gasteiger partial charge in [0, 0.05) is 27.6 Å². The van der Waals surface area contributed by atoms with Gasteiger partial charge in [0.25, 0.3) is 5.91 Å². The first-order valence-electron chi connectivity index (χ1n) is 8.20. The number of hydrogen-bond acceptors (Lipinski definition) is 3. The molecule has 0 aliphatic heterocycles. The highest BCUT2D eigenvalue weighted by Crippen LogP contribution is 2.40. The molecule has 4 rings (SSSR count). The van der Waals surface area contributed by atoms with Gasteiger partial charge >= 0.3 is 0 Å². The molecule has 1 aliphatic rings. The minimum atomic E-state index is -0.246. The van der Waals surface area contributed by atoms with Gasteiger partial charge in [0.05, 0.1) is 17.3 Å². The molecule has 5 heteroatoms. The van der Waals surface area contributed by atoms with Crippen molar-refractivity contribution in [1.29, 1.82) is 0 Å². The Hall–Kier alpha value is -2.72. The van der Waals surface area contributed by atoms with Crippen molar-refractivity contribution in [3.8, 4) is 0 Å². The molecule has 4 nitrogen and oxygen atoms in total. The van der Waals surface area contributed by atoms with Gasteiger partial charge in [-0.05, 0) is 31.0 Å². The number of halogens is 1. The molecule has 0 unspecified atom stereocenters. The average molecular weight is 350 g/mol. The molecule has 0 bridgehead atoms. The molecule has 1 saturated carbocycles. The molecule has 25 heavy (non-hydrogen) atoms. The summed E-state index contributed by atoms with van der Waals surface area (Å²) in [5.74, 6) is 0.228. The van der Waals surface area contributed by atoms with Gasteiger partial charge in [0.1, 0.15) is 0 Å². The third-order valence-electron chi connectivity index (χ3n) is 4.25. The Kier molecular flexibility index (Phi) is 4.20. The van der Waals surface area contributed by atoms with E-state index >= 15 is 0 Å². The molecule has 1 N–H and O–H groups in total. The molecule has 3 aromatic rings. The van der Waals surface area contributed by atoms with Crippen molar-refractivity contribution < 1.29 is 4.79 Å². The van der Waals surface area contributed by atoms with Gasteiger partial charge < -0.3 is 0 Å². The maximum absolute atomic E-state index is 12.6. The number of hydrazone groups is 1. The normalized spacial score (nSPS) is 14.1. The number of pyridine rings is 1. The van der Waals surface area contributed by atoms with Crippen LogP contribution < -0.4 is 5.43 Å². The number of nitrogens with one attached hydrogen (secondary N) is 1. The van der Waals surface area contributed by atoms with Gasteiger partial charge in [0.2, 0.25) is 0 Å². The minimum absolute atomic E-state index is 0.246. The third-order valence-corrected chi connectivity index (χ3v) is 4.60. The summed E-state index contributed by atoms with van der Waals surface area (Å²) >= 11 is 6.09. The first-order valence-corrected chi connectivity index (χ1v) is 8.58. The van der Waals surface area contributed by atoms with Crippen LogP contribution in [0.4, 0.5) is 0 Å². The Bertz CT molecular complexity index is 980. The van der Waals surface area contributed by atoms with E-state index in [-0.39, 0.29) is 5.91 Å². The molecule has 124 valence electrons. The summed E-state index contributed by atoms with van der Waals surface area (Å²) in [6.07, 6.45) is 3.82. The van der Waals surface area contributed by atoms with E-state index in [2.05, 4.69) is 15.5 Å². The van der Waals surface area contributed by atoms with Gasteiger partial charge in [0.15, 0.2) is 0 Å². The van der Waals surface area contributed by atoms with Gasteiger partial charge in [-0.2, -0.15) is 5.10 Å². The van der Waals surface area contributed by atoms with Crippen LogP contribution in [-0.4, -0.2) is 17.1 Å². The lowest BCUT2D eigenvalue weighted by molar-refractivity contribution is 0.0956. The van der Waals surface area contributed by atoms with E-state index in [1.165, 1.54) is 0 Å². The van der Waals surface area contributed by atoms with Crippen LogP contribution >= 0.6 is 11.6 Å². The lowest BCUT2D eigenvalue weighted by Gasteiger charge is -2.08. The predicted octanol–water partition coefficient (Wildman–Crippen LogP) is 4.53. The molecule has 1 aliphatic carbocycles. The molecule has 0 atom stereocenters. The van der Waals surface area contributed by atoms with Crippen LogP contribution in [0.5, 0.6) is 0 Å². The monoisotopic (exact) mass is 349 g/mol. The zero-order chi connectivity index (χ0) is 17.2. The number of amides is 1. The van der Waals surface area contributed by atoms with E-state index in [1.54, 1.807) is 12.3 Å². The zero-order valence-corrected chi connectivity index (χ0v) is 14.2. The summed E-state index contributed by atoms with van der Waals surface area (Å²) in [6, 6.07) is 16.9. The Morgan fingerprint density at radius 3 is 2.72 bits per heavy atom. The number of benzene rings is 2. The second kappa shape index (κ2) is 6.65. The highest BCUT2D eigenvalue weighted by molar-refractivity contribution is 6.33. The molecule has 1 fully saturated rings. The fraction of sp³-hybridized carbons (Fsp3) is 0.150. The number of hydrogen-bond donors (Lipinski definition) is 1. The summed E-state index contributed by atoms with van der Waals surface area (Å²) in [6.45, 7) is 0. The van der Waals surface area contributed by atoms with Gasteiger partial charge in [-0.15, -0.1) is 0 Å². The number of rotatable bonds is 4. The van der Waals surface area contributed by atoms with Crippen LogP contribution in [0, 0.1) is 0 Å². The first kappa shape index (κ1) is 15.8. The van der Waals surface area contributed by atoms with Crippen LogP contribution in [-0.2, 0) is 0 Å². The topological polar surface area (TPSA) is 54.4 Å². The molecule has 0 saturated heterocycles. The molecule has 1 heterocycles. The summed E-state index contributed by atoms with van der Waals surface area (Å²) in [7, 11) is 0. The van der Waals surface area contributed by atoms with Gasteiger partial charge in [-0.3, -0.25) is 9.78 Å². The van der Waals surface area contributed by atoms with Crippen molar-refractivity contribution >= 4 is 34.6 Å². The summed E-state index contributed by atoms with van der Waals surface area (Å²) in [5, 5.41) is 5.47. The quantitative estimate of drug-likeness (QED) is 0.555. The van der Waals surface area contributed by atoms with Crippen molar-refractivity contribution in [3.63, 3.8) is 0 Å². The molecule has 1 amide bonds. The molecular weight excluding hydrogens is 334 g/mol. The maximum atomic E-state index is 12.6. The molecule has 2 aromatic carbocycles. The van der Waals surface area contributed by atoms with Gasteiger partial charge in [-0.25, -0.2) is 5.43 Å². The SMILES string of the molecule is O=C(N/N=C\c1ccccc1Cl)c1cc(C2CC2)nc2ccccc12. The summed E-state index contributed by atoms with van der Waals surface area (Å²) in [4.78, 5) is 17.3. The predicted molar refractivity (Wildman–Crippen MR) is 100 cm³/mol. The van der Waals surface area contributed by atoms with E-state index in [4.69, 9.17) is 11.6 Å². The van der Waals surface area contributed by atoms with E-state index in [0.29, 0.717) is 16.5 Å². The Balaban J connectivity index is 1.62. The van der Waals surface area contributed by atoms with Crippen LogP contribution in [0.2, 0.25) is 5.02 Å². The van der Waals surface area contributed by atoms with E-state index < -0.39 is 0 Å². The molecule has 0 spiro atoms. The standard InChI is InChI=1S/C20H16ClN3O/c21-17-7-3-1-5-14(17)12-22-24-20(25)16-11-19(13-9-10-13)23-18-8-4-2-6-15(16)18/h1-8,11-13H,9-10H2,(H,24,25)/b22-12-. The zero-order valence-electron chi connectivity index (χ0n) is 13.4. The number of fused-ring (bicyclic) bond motifs is 1. The van der Waals surface area contributed by atoms with Crippen LogP contribution in [0.15, 0.2) is 59.7 Å². The smallest absolute Gasteiger partial charge is 0.267 e. The molecule has 1 aromatic heterocycles. The lowest BCUT2D eigenvalue weighted by atomic mass is 10.1. The van der Waals surface area contributed by atoms with E-state index in [1.807, 2.05) is 48.5 Å². The largest absolute Gasteiger partial charge is 0.272 e. The van der Waals surface area contributed by atoms with E-state index in [0.717, 1.165) is 35.0 Å². The number of nitrogens with zero attached hydrogens (tertiary/aromatic N) is 2. The number of para-hydroxylation sites is 1. The van der Waals surface area contributed by atoms with E-state index in [9.17, 15) is 4.79 Å². The minimum Gasteiger partial charge on any atom is -0.267 e. The maximum Gasteiger partial charge on any atom is 0.272 e. The Morgan fingerprint density at radius 2 is 1.92 bits per heavy atom. The van der Waals surface area contributed by atoms with Crippen molar-refractivity contribution in [2.24, 2.45) is 5.10 Å². The number of carbonyl (C=O) groups excluding carboxylic acids is 1. The van der Waals surface area contributed by atoms with Crippen molar-refractivity contribution in [2.75, 3.05) is 0 Å². The average Bonchev–Trinajstić information content (AvgIpc) is 3.47. The molecule has 0 radical (unpaired) electrons. The lowest BCUT2D eigenvalue weighted by Crippen LogP contribution is -2.18. The summed E-state index contributed by atoms with van der Waals surface area (Å²) in [5.41, 5.74) is 5.78. The second-order valence-electron chi connectivity index (χ2n) is 6.11. The number of aromatic nitrogens is 1. The fourth-order valence-electron chi connectivity index (χ4n) is 2.77. The highest BCUT2D eigenvalue weighted by Gasteiger charge is 2.26. The third kappa shape index (κ3) is 3.39. The summed E-state index contributed by atoms with van der Waals surface area (Å²) < 4.78 is 0. The van der Waals surface area contributed by atoms with Crippen molar-refractivity contribution in [3.05, 3.63) is 76.4 Å². The van der Waals surface area contributed by atoms with Gasteiger partial charge in [-0.1, -0.05) is 48.0 Å². The Morgan fingerprint density at radius 1 is 1.16 bits per heavy atom. The number of carbonyl (C=O) groups is 1. The Labute approximate surface area is 150 Å². The highest BCUT2D eigenvalue weighted by atomic mass is 35.5. The first-order chi connectivity index (χ1) is 12.2. The van der Waals surface area contributed by atoms with Crippen LogP contribution in [0.25, 0.3) is 10.9 Å². The van der Waals surface area contributed by atoms with Crippen molar-refractivity contribution in [1.82, 2.24) is 10.4 Å². The van der Waals surface area contributed by atoms with Crippen LogP contribution in [0.3, 0.4) is 0 Å². The second-order valence-corrected chi connectivity index (χ2v) is 6.51.